The van der Waals surface area contributed by atoms with Gasteiger partial charge in [-0.05, 0) is 24.3 Å². The zero-order chi connectivity index (χ0) is 22.3. The molecule has 2 aliphatic heterocycles. The maximum Gasteiger partial charge on any atom is 0.443 e. The van der Waals surface area contributed by atoms with Gasteiger partial charge in [0.1, 0.15) is 11.7 Å². The lowest BCUT2D eigenvalue weighted by molar-refractivity contribution is -0.293. The summed E-state index contributed by atoms with van der Waals surface area (Å²) in [5.74, 6) is -0.863. The van der Waals surface area contributed by atoms with Crippen LogP contribution in [0.1, 0.15) is 23.3 Å². The molecule has 4 nitrogen and oxygen atoms in total. The normalized spacial score (nSPS) is 21.7. The van der Waals surface area contributed by atoms with Crippen LogP contribution in [0.4, 0.5) is 26.3 Å². The van der Waals surface area contributed by atoms with E-state index < -0.39 is 29.7 Å². The first kappa shape index (κ1) is 21.8. The highest BCUT2D eigenvalue weighted by Crippen LogP contribution is 2.49. The van der Waals surface area contributed by atoms with Gasteiger partial charge in [-0.1, -0.05) is 36.4 Å². The molecule has 1 aromatic heterocycles. The summed E-state index contributed by atoms with van der Waals surface area (Å²) in [6, 6.07) is 10.5. The number of halogens is 6. The Hall–Kier alpha value is -2.40. The quantitative estimate of drug-likeness (QED) is 0.583. The number of hydrogen-bond acceptors (Lipinski definition) is 5. The summed E-state index contributed by atoms with van der Waals surface area (Å²) in [5, 5.41) is 1.57. The lowest BCUT2D eigenvalue weighted by Gasteiger charge is -2.40. The maximum absolute atomic E-state index is 14.0. The van der Waals surface area contributed by atoms with Gasteiger partial charge in [0, 0.05) is 12.2 Å². The summed E-state index contributed by atoms with van der Waals surface area (Å²) in [6.07, 6.45) is -10.5. The third-order valence-corrected chi connectivity index (χ3v) is 5.89. The van der Waals surface area contributed by atoms with Crippen LogP contribution in [-0.4, -0.2) is 53.8 Å². The van der Waals surface area contributed by atoms with Crippen LogP contribution in [-0.2, 0) is 4.74 Å². The molecule has 0 saturated carbocycles. The van der Waals surface area contributed by atoms with Gasteiger partial charge in [0.15, 0.2) is 0 Å². The smallest absolute Gasteiger partial charge is 0.376 e. The Bertz CT molecular complexity index is 949. The number of rotatable bonds is 4. The van der Waals surface area contributed by atoms with Gasteiger partial charge >= 0.3 is 18.0 Å². The van der Waals surface area contributed by atoms with Gasteiger partial charge < -0.3 is 9.64 Å². The van der Waals surface area contributed by atoms with Crippen LogP contribution in [0.2, 0.25) is 0 Å². The van der Waals surface area contributed by atoms with Gasteiger partial charge in [0.25, 0.3) is 0 Å². The molecule has 0 bridgehead atoms. The second-order valence-corrected chi connectivity index (χ2v) is 8.08. The standard InChI is InChI=1S/C20H17F6N3OS/c21-19(22,23)18(20(24,25)26)27-16(13-6-2-1-3-7-13)29(12-14-8-4-10-30-14)17(28-18)15-9-5-11-31-15/h1-3,5-7,9,11,14H,4,8,10,12H2. The summed E-state index contributed by atoms with van der Waals surface area (Å²) < 4.78 is 89.3. The summed E-state index contributed by atoms with van der Waals surface area (Å²) in [6.45, 7) is 0.521. The molecule has 166 valence electrons. The molecule has 3 heterocycles. The van der Waals surface area contributed by atoms with Crippen molar-refractivity contribution in [1.29, 1.82) is 0 Å². The average Bonchev–Trinajstić information content (AvgIpc) is 3.41. The molecule has 2 aliphatic rings. The van der Waals surface area contributed by atoms with E-state index in [0.717, 1.165) is 17.8 Å². The van der Waals surface area contributed by atoms with E-state index in [0.29, 0.717) is 13.0 Å². The maximum atomic E-state index is 14.0. The van der Waals surface area contributed by atoms with E-state index in [1.807, 2.05) is 0 Å². The van der Waals surface area contributed by atoms with Crippen molar-refractivity contribution in [1.82, 2.24) is 4.90 Å². The van der Waals surface area contributed by atoms with Crippen molar-refractivity contribution in [2.24, 2.45) is 9.98 Å². The molecule has 0 amide bonds. The monoisotopic (exact) mass is 461 g/mol. The fourth-order valence-electron chi connectivity index (χ4n) is 3.53. The SMILES string of the molecule is FC(F)(F)C1(C(F)(F)F)N=C(c2ccccc2)N(CC2CCCO2)C(c2cccs2)=N1. The summed E-state index contributed by atoms with van der Waals surface area (Å²) >= 11 is 1.01. The van der Waals surface area contributed by atoms with Gasteiger partial charge in [0.2, 0.25) is 0 Å². The van der Waals surface area contributed by atoms with Crippen molar-refractivity contribution in [2.75, 3.05) is 13.2 Å². The molecular weight excluding hydrogens is 444 g/mol. The highest BCUT2D eigenvalue weighted by atomic mass is 32.1. The van der Waals surface area contributed by atoms with Gasteiger partial charge in [-0.3, -0.25) is 0 Å². The lowest BCUT2D eigenvalue weighted by Crippen LogP contribution is -2.60. The van der Waals surface area contributed by atoms with Gasteiger partial charge in [-0.15, -0.1) is 11.3 Å². The van der Waals surface area contributed by atoms with E-state index in [9.17, 15) is 26.3 Å². The number of ether oxygens (including phenoxy) is 1. The van der Waals surface area contributed by atoms with Crippen LogP contribution in [0.5, 0.6) is 0 Å². The molecule has 2 aromatic rings. The van der Waals surface area contributed by atoms with Crippen molar-refractivity contribution in [3.8, 4) is 0 Å². The third-order valence-electron chi connectivity index (χ3n) is 5.02. The molecule has 0 radical (unpaired) electrons. The Morgan fingerprint density at radius 2 is 1.65 bits per heavy atom. The molecule has 11 heteroatoms. The Kier molecular flexibility index (Phi) is 5.59. The first-order chi connectivity index (χ1) is 14.6. The van der Waals surface area contributed by atoms with E-state index in [-0.39, 0.29) is 23.1 Å². The fourth-order valence-corrected chi connectivity index (χ4v) is 4.26. The number of thiophene rings is 1. The minimum absolute atomic E-state index is 0.0380. The molecule has 1 saturated heterocycles. The van der Waals surface area contributed by atoms with Crippen molar-refractivity contribution in [3.63, 3.8) is 0 Å². The fraction of sp³-hybridized carbons (Fsp3) is 0.400. The van der Waals surface area contributed by atoms with Crippen molar-refractivity contribution in [2.45, 2.75) is 37.0 Å². The first-order valence-corrected chi connectivity index (χ1v) is 10.3. The Balaban J connectivity index is 1.96. The molecule has 1 fully saturated rings. The molecule has 1 aromatic carbocycles. The van der Waals surface area contributed by atoms with Crippen LogP contribution >= 0.6 is 11.3 Å². The van der Waals surface area contributed by atoms with E-state index in [1.165, 1.54) is 35.2 Å². The Labute approximate surface area is 177 Å². The number of hydrogen-bond donors (Lipinski definition) is 0. The zero-order valence-electron chi connectivity index (χ0n) is 16.0. The molecule has 0 aliphatic carbocycles. The molecule has 1 atom stereocenters. The van der Waals surface area contributed by atoms with Crippen molar-refractivity contribution >= 4 is 23.0 Å². The van der Waals surface area contributed by atoms with Gasteiger partial charge in [0.05, 0.1) is 17.5 Å². The summed E-state index contributed by atoms with van der Waals surface area (Å²) in [7, 11) is 0. The summed E-state index contributed by atoms with van der Waals surface area (Å²) in [5.41, 5.74) is -4.47. The van der Waals surface area contributed by atoms with Crippen LogP contribution in [0.25, 0.3) is 0 Å². The zero-order valence-corrected chi connectivity index (χ0v) is 16.8. The van der Waals surface area contributed by atoms with Crippen LogP contribution in [0.15, 0.2) is 57.8 Å². The molecule has 0 spiro atoms. The van der Waals surface area contributed by atoms with E-state index in [2.05, 4.69) is 9.98 Å². The molecule has 31 heavy (non-hydrogen) atoms. The van der Waals surface area contributed by atoms with E-state index in [1.54, 1.807) is 17.5 Å². The largest absolute Gasteiger partial charge is 0.443 e. The number of benzene rings is 1. The number of nitrogens with zero attached hydrogens (tertiary/aromatic N) is 3. The predicted molar refractivity (Wildman–Crippen MR) is 104 cm³/mol. The predicted octanol–water partition coefficient (Wildman–Crippen LogP) is 5.26. The van der Waals surface area contributed by atoms with Gasteiger partial charge in [-0.25, -0.2) is 9.98 Å². The summed E-state index contributed by atoms with van der Waals surface area (Å²) in [4.78, 5) is 8.01. The van der Waals surface area contributed by atoms with Crippen molar-refractivity contribution < 1.29 is 31.1 Å². The first-order valence-electron chi connectivity index (χ1n) is 9.44. The molecule has 0 N–H and O–H groups in total. The lowest BCUT2D eigenvalue weighted by atomic mass is 10.1. The molecular formula is C20H17F6N3OS. The van der Waals surface area contributed by atoms with Crippen LogP contribution < -0.4 is 0 Å². The Morgan fingerprint density at radius 3 is 2.19 bits per heavy atom. The third kappa shape index (κ3) is 3.96. The topological polar surface area (TPSA) is 37.2 Å². The van der Waals surface area contributed by atoms with Crippen LogP contribution in [0.3, 0.4) is 0 Å². The highest BCUT2D eigenvalue weighted by molar-refractivity contribution is 7.12. The van der Waals surface area contributed by atoms with E-state index in [4.69, 9.17) is 4.74 Å². The average molecular weight is 461 g/mol. The second kappa shape index (κ2) is 7.94. The molecule has 1 unspecified atom stereocenters. The second-order valence-electron chi connectivity index (χ2n) is 7.13. The van der Waals surface area contributed by atoms with E-state index >= 15 is 0 Å². The minimum Gasteiger partial charge on any atom is -0.376 e. The van der Waals surface area contributed by atoms with Crippen LogP contribution in [0, 0.1) is 0 Å². The number of amidine groups is 2. The minimum atomic E-state index is -5.79. The van der Waals surface area contributed by atoms with Crippen molar-refractivity contribution in [3.05, 3.63) is 58.3 Å². The molecule has 4 rings (SSSR count). The van der Waals surface area contributed by atoms with Gasteiger partial charge in [-0.2, -0.15) is 26.3 Å². The Morgan fingerprint density at radius 1 is 0.968 bits per heavy atom. The number of aliphatic imine (C=N–C) groups is 2. The highest BCUT2D eigenvalue weighted by Gasteiger charge is 2.74. The number of alkyl halides is 6.